The van der Waals surface area contributed by atoms with Crippen molar-refractivity contribution in [3.05, 3.63) is 34.4 Å². The molecule has 3 nitrogen and oxygen atoms in total. The maximum absolute atomic E-state index is 12.5. The first kappa shape index (κ1) is 12.4. The van der Waals surface area contributed by atoms with Crippen molar-refractivity contribution < 1.29 is 7.54 Å². The van der Waals surface area contributed by atoms with E-state index in [1.807, 2.05) is 12.1 Å². The highest BCUT2D eigenvalue weighted by Gasteiger charge is 2.27. The van der Waals surface area contributed by atoms with E-state index in [1.165, 1.54) is 0 Å². The molecule has 3 heteroatoms. The molecule has 1 amide bonds. The summed E-state index contributed by atoms with van der Waals surface area (Å²) in [5, 5.41) is 0. The van der Waals surface area contributed by atoms with Gasteiger partial charge in [-0.3, -0.25) is 4.79 Å². The molecule has 0 radical (unpaired) electrons. The Labute approximate surface area is 125 Å². The minimum absolute atomic E-state index is 0.0110. The number of hydrogen-bond donors (Lipinski definition) is 0. The van der Waals surface area contributed by atoms with Crippen LogP contribution in [0.3, 0.4) is 0 Å². The summed E-state index contributed by atoms with van der Waals surface area (Å²) in [5.41, 5.74) is 3.00. The maximum Gasteiger partial charge on any atom is 0.253 e. The maximum atomic E-state index is 12.5. The molecule has 0 atom stereocenters. The van der Waals surface area contributed by atoms with Gasteiger partial charge in [-0.1, -0.05) is 26.8 Å². The van der Waals surface area contributed by atoms with Gasteiger partial charge in [0.1, 0.15) is 0 Å². The van der Waals surface area contributed by atoms with Crippen molar-refractivity contribution in [2.75, 3.05) is 27.7 Å². The fourth-order valence-electron chi connectivity index (χ4n) is 2.49. The second kappa shape index (κ2) is 5.21. The lowest BCUT2D eigenvalue weighted by Crippen LogP contribution is -2.35. The van der Waals surface area contributed by atoms with Crippen molar-refractivity contribution in [3.63, 3.8) is 0 Å². The average Bonchev–Trinajstić information content (AvgIpc) is 2.40. The van der Waals surface area contributed by atoms with E-state index in [0.29, 0.717) is 24.1 Å². The van der Waals surface area contributed by atoms with Gasteiger partial charge in [-0.05, 0) is 48.7 Å². The normalized spacial score (nSPS) is 17.9. The molecule has 0 N–H and O–H groups in total. The third kappa shape index (κ3) is 2.88. The van der Waals surface area contributed by atoms with Gasteiger partial charge in [0, 0.05) is 28.4 Å². The fraction of sp³-hybridized carbons (Fsp3) is 0.588. The topological polar surface area (TPSA) is 23.6 Å². The Balaban J connectivity index is 2.75. The van der Waals surface area contributed by atoms with Crippen LogP contribution in [0.25, 0.3) is 0 Å². The number of nitrogens with zero attached hydrogens (tertiary/aromatic N) is 2. The van der Waals surface area contributed by atoms with Crippen molar-refractivity contribution in [1.82, 2.24) is 9.80 Å². The summed E-state index contributed by atoms with van der Waals surface area (Å²) in [7, 11) is 5.26. The number of fused-ring (bicyclic) bond motifs is 1. The summed E-state index contributed by atoms with van der Waals surface area (Å²) >= 11 is 0. The van der Waals surface area contributed by atoms with E-state index in [1.54, 1.807) is 30.9 Å². The number of carbonyl (C=O) groups is 1. The summed E-state index contributed by atoms with van der Waals surface area (Å²) in [6.07, 6.45) is 0.699. The third-order valence-corrected chi connectivity index (χ3v) is 3.73. The lowest BCUT2D eigenvalue weighted by Gasteiger charge is -2.30. The molecular formula is C17H26N2O. The Bertz CT molecular complexity index is 603. The summed E-state index contributed by atoms with van der Waals surface area (Å²) in [6.45, 7) is 5.29. The quantitative estimate of drug-likeness (QED) is 0.829. The Kier molecular flexibility index (Phi) is 3.23. The molecule has 0 spiro atoms. The van der Waals surface area contributed by atoms with E-state index in [-0.39, 0.29) is 11.3 Å². The molecule has 2 rings (SSSR count). The highest BCUT2D eigenvalue weighted by molar-refractivity contribution is 5.97. The summed E-state index contributed by atoms with van der Waals surface area (Å²) < 4.78 is 16.9. The van der Waals surface area contributed by atoms with Crippen LogP contribution < -0.4 is 0 Å². The summed E-state index contributed by atoms with van der Waals surface area (Å²) in [5.74, 6) is -0.0110. The number of amides is 1. The molecule has 1 aromatic carbocycles. The molecule has 1 aliphatic rings. The lowest BCUT2D eigenvalue weighted by atomic mass is 9.81. The van der Waals surface area contributed by atoms with Crippen molar-refractivity contribution in [1.29, 1.82) is 0 Å². The zero-order chi connectivity index (χ0) is 16.9. The van der Waals surface area contributed by atoms with Crippen molar-refractivity contribution in [3.8, 4) is 0 Å². The second-order valence-electron chi connectivity index (χ2n) is 6.78. The zero-order valence-corrected chi connectivity index (χ0v) is 13.4. The molecular weight excluding hydrogens is 248 g/mol. The van der Waals surface area contributed by atoms with E-state index in [2.05, 4.69) is 20.8 Å². The average molecular weight is 276 g/mol. The van der Waals surface area contributed by atoms with E-state index >= 15 is 0 Å². The molecule has 0 unspecified atom stereocenters. The summed E-state index contributed by atoms with van der Waals surface area (Å²) in [4.78, 5) is 15.8. The van der Waals surface area contributed by atoms with Gasteiger partial charge in [-0.15, -0.1) is 0 Å². The van der Waals surface area contributed by atoms with E-state index in [9.17, 15) is 4.79 Å². The first-order chi connectivity index (χ1) is 9.96. The number of carbonyl (C=O) groups excluding carboxylic acids is 1. The molecule has 0 aliphatic carbocycles. The lowest BCUT2D eigenvalue weighted by molar-refractivity contribution is 0.0780. The Morgan fingerprint density at radius 2 is 2.00 bits per heavy atom. The molecule has 0 saturated heterocycles. The van der Waals surface area contributed by atoms with Crippen LogP contribution in [0.5, 0.6) is 0 Å². The molecule has 20 heavy (non-hydrogen) atoms. The van der Waals surface area contributed by atoms with Crippen molar-refractivity contribution in [2.24, 2.45) is 0 Å². The first-order valence-electron chi connectivity index (χ1n) is 8.07. The van der Waals surface area contributed by atoms with Gasteiger partial charge in [0.05, 0.1) is 0 Å². The van der Waals surface area contributed by atoms with Gasteiger partial charge in [0.2, 0.25) is 0 Å². The van der Waals surface area contributed by atoms with Crippen LogP contribution >= 0.6 is 0 Å². The predicted molar refractivity (Wildman–Crippen MR) is 83.2 cm³/mol. The molecule has 0 saturated carbocycles. The minimum atomic E-state index is -1.60. The molecule has 0 aromatic heterocycles. The third-order valence-electron chi connectivity index (χ3n) is 3.73. The number of likely N-dealkylation sites (N-methyl/N-ethyl adjacent to an activating group) is 1. The molecule has 1 aromatic rings. The van der Waals surface area contributed by atoms with Gasteiger partial charge in [0.15, 0.2) is 0 Å². The van der Waals surface area contributed by atoms with Crippen LogP contribution in [-0.4, -0.2) is 43.4 Å². The monoisotopic (exact) mass is 276 g/mol. The van der Waals surface area contributed by atoms with Crippen LogP contribution in [0.2, 0.25) is 0 Å². The van der Waals surface area contributed by atoms with Gasteiger partial charge >= 0.3 is 0 Å². The Morgan fingerprint density at radius 1 is 1.35 bits per heavy atom. The number of rotatable bonds is 2. The SMILES string of the molecule is [2H]C([2H])(c1cc(C(C)(C)C)cc2c1CCN(C)C2=O)N(C)C. The van der Waals surface area contributed by atoms with Crippen LogP contribution in [-0.2, 0) is 18.3 Å². The van der Waals surface area contributed by atoms with E-state index in [4.69, 9.17) is 2.74 Å². The summed E-state index contributed by atoms with van der Waals surface area (Å²) in [6, 6.07) is 3.89. The highest BCUT2D eigenvalue weighted by atomic mass is 16.2. The second-order valence-corrected chi connectivity index (χ2v) is 6.78. The number of benzene rings is 1. The standard InChI is InChI=1S/C17H26N2O/c1-17(2,3)13-9-12(11-18(4)5)14-7-8-19(6)16(20)15(14)10-13/h9-10H,7-8,11H2,1-6H3/i11D2. The van der Waals surface area contributed by atoms with Crippen LogP contribution in [0.4, 0.5) is 0 Å². The van der Waals surface area contributed by atoms with Gasteiger partial charge in [-0.25, -0.2) is 0 Å². The predicted octanol–water partition coefficient (Wildman–Crippen LogP) is 2.67. The van der Waals surface area contributed by atoms with Crippen LogP contribution in [0.15, 0.2) is 12.1 Å². The van der Waals surface area contributed by atoms with Crippen molar-refractivity contribution in [2.45, 2.75) is 39.1 Å². The van der Waals surface area contributed by atoms with Crippen LogP contribution in [0.1, 0.15) is 50.6 Å². The molecule has 1 heterocycles. The Hall–Kier alpha value is -1.35. The minimum Gasteiger partial charge on any atom is -0.341 e. The van der Waals surface area contributed by atoms with Crippen molar-refractivity contribution >= 4 is 5.91 Å². The molecule has 0 bridgehead atoms. The van der Waals surface area contributed by atoms with Gasteiger partial charge in [-0.2, -0.15) is 0 Å². The molecule has 0 fully saturated rings. The van der Waals surface area contributed by atoms with Crippen LogP contribution in [0, 0.1) is 0 Å². The largest absolute Gasteiger partial charge is 0.341 e. The zero-order valence-electron chi connectivity index (χ0n) is 15.4. The number of hydrogen-bond acceptors (Lipinski definition) is 2. The first-order valence-corrected chi connectivity index (χ1v) is 7.07. The smallest absolute Gasteiger partial charge is 0.253 e. The van der Waals surface area contributed by atoms with E-state index < -0.39 is 6.50 Å². The van der Waals surface area contributed by atoms with Gasteiger partial charge < -0.3 is 9.80 Å². The molecule has 110 valence electrons. The van der Waals surface area contributed by atoms with Gasteiger partial charge in [0.25, 0.3) is 5.91 Å². The molecule has 1 aliphatic heterocycles. The highest BCUT2D eigenvalue weighted by Crippen LogP contribution is 2.30. The fourth-order valence-corrected chi connectivity index (χ4v) is 2.49. The van der Waals surface area contributed by atoms with E-state index in [0.717, 1.165) is 11.1 Å². The Morgan fingerprint density at radius 3 is 2.55 bits per heavy atom.